The first-order valence-electron chi connectivity index (χ1n) is 11.3. The standard InChI is InChI=1S/C25H25N5O4/c1-2-17-13-16(24(31)32)8-10-30(17)20-14-15(7-9-27-20)21-22(18-5-3-11-33-18)28-25(26)29-23(21)19-6-4-12-34-19/h3-7,9,11-12,14,16-17H,2,8,10,13H2,1H3,(H,31,32)(H2,26,28,29). The second-order valence-corrected chi connectivity index (χ2v) is 8.33. The van der Waals surface area contributed by atoms with Gasteiger partial charge < -0.3 is 24.6 Å². The first-order chi connectivity index (χ1) is 16.5. The van der Waals surface area contributed by atoms with Crippen LogP contribution in [0.25, 0.3) is 34.0 Å². The number of rotatable bonds is 6. The second kappa shape index (κ2) is 9.01. The van der Waals surface area contributed by atoms with Crippen molar-refractivity contribution in [1.82, 2.24) is 15.0 Å². The van der Waals surface area contributed by atoms with Crippen molar-refractivity contribution >= 4 is 17.7 Å². The molecule has 34 heavy (non-hydrogen) atoms. The van der Waals surface area contributed by atoms with Crippen LogP contribution in [0.4, 0.5) is 11.8 Å². The molecule has 9 nitrogen and oxygen atoms in total. The van der Waals surface area contributed by atoms with Gasteiger partial charge in [-0.2, -0.15) is 0 Å². The molecule has 4 aromatic heterocycles. The quantitative estimate of drug-likeness (QED) is 0.420. The van der Waals surface area contributed by atoms with Crippen LogP contribution in [0.2, 0.25) is 0 Å². The number of hydrogen-bond donors (Lipinski definition) is 2. The Balaban J connectivity index is 1.63. The molecule has 0 aliphatic carbocycles. The molecule has 1 fully saturated rings. The summed E-state index contributed by atoms with van der Waals surface area (Å²) in [6, 6.07) is 11.2. The van der Waals surface area contributed by atoms with E-state index in [1.165, 1.54) is 0 Å². The van der Waals surface area contributed by atoms with Gasteiger partial charge in [0.05, 0.1) is 18.4 Å². The van der Waals surface area contributed by atoms with Gasteiger partial charge in [-0.1, -0.05) is 6.92 Å². The molecule has 0 radical (unpaired) electrons. The Labute approximate surface area is 196 Å². The zero-order valence-electron chi connectivity index (χ0n) is 18.7. The van der Waals surface area contributed by atoms with E-state index < -0.39 is 5.97 Å². The zero-order chi connectivity index (χ0) is 23.7. The number of piperidine rings is 1. The van der Waals surface area contributed by atoms with Crippen LogP contribution >= 0.6 is 0 Å². The fourth-order valence-electron chi connectivity index (χ4n) is 4.63. The van der Waals surface area contributed by atoms with E-state index in [-0.39, 0.29) is 17.9 Å². The summed E-state index contributed by atoms with van der Waals surface area (Å²) in [5.41, 5.74) is 8.72. The monoisotopic (exact) mass is 459 g/mol. The fourth-order valence-corrected chi connectivity index (χ4v) is 4.63. The predicted octanol–water partition coefficient (Wildman–Crippen LogP) is 4.72. The van der Waals surface area contributed by atoms with Gasteiger partial charge in [-0.05, 0) is 61.2 Å². The van der Waals surface area contributed by atoms with Gasteiger partial charge in [0, 0.05) is 24.3 Å². The smallest absolute Gasteiger partial charge is 0.306 e. The van der Waals surface area contributed by atoms with E-state index in [0.717, 1.165) is 23.4 Å². The summed E-state index contributed by atoms with van der Waals surface area (Å²) in [5.74, 6) is 0.947. The molecular weight excluding hydrogens is 434 g/mol. The minimum atomic E-state index is -0.731. The highest BCUT2D eigenvalue weighted by atomic mass is 16.4. The van der Waals surface area contributed by atoms with Crippen molar-refractivity contribution < 1.29 is 18.7 Å². The lowest BCUT2D eigenvalue weighted by atomic mass is 9.89. The average molecular weight is 460 g/mol. The number of furan rings is 2. The predicted molar refractivity (Wildman–Crippen MR) is 127 cm³/mol. The number of nitrogen functional groups attached to an aromatic ring is 1. The number of carboxylic acids is 1. The summed E-state index contributed by atoms with van der Waals surface area (Å²) >= 11 is 0. The molecule has 1 aliphatic rings. The second-order valence-electron chi connectivity index (χ2n) is 8.33. The van der Waals surface area contributed by atoms with E-state index in [1.54, 1.807) is 30.9 Å². The highest BCUT2D eigenvalue weighted by molar-refractivity contribution is 5.90. The topological polar surface area (TPSA) is 132 Å². The Kier molecular flexibility index (Phi) is 5.75. The van der Waals surface area contributed by atoms with Gasteiger partial charge in [0.2, 0.25) is 5.95 Å². The molecule has 1 saturated heterocycles. The number of aliphatic carboxylic acids is 1. The largest absolute Gasteiger partial charge is 0.481 e. The Bertz CT molecular complexity index is 1230. The van der Waals surface area contributed by atoms with Gasteiger partial charge in [-0.15, -0.1) is 0 Å². The Morgan fingerprint density at radius 2 is 1.82 bits per heavy atom. The summed E-state index contributed by atoms with van der Waals surface area (Å²) in [4.78, 5) is 27.4. The molecule has 9 heteroatoms. The van der Waals surface area contributed by atoms with E-state index in [4.69, 9.17) is 14.6 Å². The van der Waals surface area contributed by atoms with Crippen molar-refractivity contribution in [2.75, 3.05) is 17.2 Å². The molecule has 3 N–H and O–H groups in total. The maximum atomic E-state index is 11.5. The van der Waals surface area contributed by atoms with Gasteiger partial charge in [0.1, 0.15) is 17.2 Å². The van der Waals surface area contributed by atoms with Crippen LogP contribution in [-0.4, -0.2) is 38.6 Å². The number of nitrogens with two attached hydrogens (primary N) is 1. The molecule has 2 unspecified atom stereocenters. The van der Waals surface area contributed by atoms with Crippen molar-refractivity contribution in [3.8, 4) is 34.0 Å². The van der Waals surface area contributed by atoms with Crippen molar-refractivity contribution in [3.63, 3.8) is 0 Å². The number of pyridine rings is 1. The van der Waals surface area contributed by atoms with Gasteiger partial charge in [0.15, 0.2) is 11.5 Å². The minimum absolute atomic E-state index is 0.0920. The van der Waals surface area contributed by atoms with Crippen molar-refractivity contribution in [3.05, 3.63) is 55.1 Å². The molecule has 0 aromatic carbocycles. The maximum Gasteiger partial charge on any atom is 0.306 e. The van der Waals surface area contributed by atoms with Crippen molar-refractivity contribution in [2.45, 2.75) is 32.2 Å². The van der Waals surface area contributed by atoms with Crippen LogP contribution in [0.1, 0.15) is 26.2 Å². The van der Waals surface area contributed by atoms with E-state index in [2.05, 4.69) is 26.8 Å². The third-order valence-corrected chi connectivity index (χ3v) is 6.30. The fraction of sp³-hybridized carbons (Fsp3) is 0.280. The van der Waals surface area contributed by atoms with Gasteiger partial charge in [0.25, 0.3) is 0 Å². The van der Waals surface area contributed by atoms with E-state index in [9.17, 15) is 9.90 Å². The highest BCUT2D eigenvalue weighted by Gasteiger charge is 2.32. The molecular formula is C25H25N5O4. The summed E-state index contributed by atoms with van der Waals surface area (Å²) in [5, 5.41) is 9.49. The van der Waals surface area contributed by atoms with E-state index in [1.807, 2.05) is 24.3 Å². The zero-order valence-corrected chi connectivity index (χ0v) is 18.7. The Morgan fingerprint density at radius 3 is 2.38 bits per heavy atom. The number of carbonyl (C=O) groups is 1. The first kappa shape index (κ1) is 21.7. The van der Waals surface area contributed by atoms with Crippen LogP contribution in [0.3, 0.4) is 0 Å². The molecule has 0 saturated carbocycles. The van der Waals surface area contributed by atoms with Crippen molar-refractivity contribution in [2.24, 2.45) is 5.92 Å². The first-order valence-corrected chi connectivity index (χ1v) is 11.3. The Morgan fingerprint density at radius 1 is 1.15 bits per heavy atom. The van der Waals surface area contributed by atoms with E-state index >= 15 is 0 Å². The van der Waals surface area contributed by atoms with E-state index in [0.29, 0.717) is 42.3 Å². The highest BCUT2D eigenvalue weighted by Crippen LogP contribution is 2.40. The number of nitrogens with zero attached hydrogens (tertiary/aromatic N) is 4. The number of hydrogen-bond acceptors (Lipinski definition) is 8. The molecule has 0 bridgehead atoms. The van der Waals surface area contributed by atoms with Crippen LogP contribution in [0, 0.1) is 5.92 Å². The van der Waals surface area contributed by atoms with Crippen LogP contribution in [-0.2, 0) is 4.79 Å². The summed E-state index contributed by atoms with van der Waals surface area (Å²) in [6.07, 6.45) is 6.92. The van der Waals surface area contributed by atoms with Gasteiger partial charge in [-0.3, -0.25) is 4.79 Å². The maximum absolute atomic E-state index is 11.5. The molecule has 4 aromatic rings. The molecule has 0 spiro atoms. The van der Waals surface area contributed by atoms with Crippen LogP contribution < -0.4 is 10.6 Å². The van der Waals surface area contributed by atoms with Crippen molar-refractivity contribution in [1.29, 1.82) is 0 Å². The number of carboxylic acid groups (broad SMARTS) is 1. The summed E-state index contributed by atoms with van der Waals surface area (Å²) in [7, 11) is 0. The number of aromatic nitrogens is 3. The molecule has 2 atom stereocenters. The molecule has 5 heterocycles. The van der Waals surface area contributed by atoms with Gasteiger partial charge >= 0.3 is 5.97 Å². The summed E-state index contributed by atoms with van der Waals surface area (Å²) in [6.45, 7) is 2.70. The summed E-state index contributed by atoms with van der Waals surface area (Å²) < 4.78 is 11.3. The minimum Gasteiger partial charge on any atom is -0.481 e. The molecule has 1 aliphatic heterocycles. The van der Waals surface area contributed by atoms with Gasteiger partial charge in [-0.25, -0.2) is 15.0 Å². The SMILES string of the molecule is CCC1CC(C(=O)O)CCN1c1cc(-c2c(-c3ccco3)nc(N)nc2-c2ccco2)ccn1. The number of anilines is 2. The lowest BCUT2D eigenvalue weighted by Crippen LogP contribution is -2.44. The third-order valence-electron chi connectivity index (χ3n) is 6.30. The third kappa shape index (κ3) is 4.00. The average Bonchev–Trinajstić information content (AvgIpc) is 3.58. The molecule has 174 valence electrons. The van der Waals surface area contributed by atoms with Crippen LogP contribution in [0.15, 0.2) is 64.0 Å². The van der Waals surface area contributed by atoms with Crippen LogP contribution in [0.5, 0.6) is 0 Å². The molecule has 0 amide bonds. The Hall–Kier alpha value is -4.14. The molecule has 5 rings (SSSR count). The normalized spacial score (nSPS) is 18.2. The lowest BCUT2D eigenvalue weighted by Gasteiger charge is -2.38. The lowest BCUT2D eigenvalue weighted by molar-refractivity contribution is -0.142.